The van der Waals surface area contributed by atoms with E-state index in [4.69, 9.17) is 0 Å². The van der Waals surface area contributed by atoms with E-state index in [1.54, 1.807) is 0 Å². The van der Waals surface area contributed by atoms with E-state index < -0.39 is 9.04 Å². The molecule has 0 spiro atoms. The van der Waals surface area contributed by atoms with E-state index in [-0.39, 0.29) is 0 Å². The first-order chi connectivity index (χ1) is 10.8. The van der Waals surface area contributed by atoms with Crippen molar-refractivity contribution < 1.29 is 4.80 Å². The summed E-state index contributed by atoms with van der Waals surface area (Å²) in [7, 11) is -1.34. The summed E-state index contributed by atoms with van der Waals surface area (Å²) < 4.78 is 0. The van der Waals surface area contributed by atoms with Crippen molar-refractivity contribution in [2.24, 2.45) is 0 Å². The van der Waals surface area contributed by atoms with Gasteiger partial charge in [0.1, 0.15) is 0 Å². The lowest BCUT2D eigenvalue weighted by molar-refractivity contribution is 0.535. The van der Waals surface area contributed by atoms with Crippen molar-refractivity contribution in [3.8, 4) is 0 Å². The van der Waals surface area contributed by atoms with Gasteiger partial charge < -0.3 is 4.80 Å². The summed E-state index contributed by atoms with van der Waals surface area (Å²) >= 11 is 0. The quantitative estimate of drug-likeness (QED) is 0.212. The molecule has 2 heteroatoms. The molecule has 1 nitrogen and oxygen atoms in total. The second kappa shape index (κ2) is 19.2. The Balaban J connectivity index is 3.11. The molecule has 0 rings (SSSR count). The summed E-state index contributed by atoms with van der Waals surface area (Å²) in [5, 5.41) is 0. The van der Waals surface area contributed by atoms with Gasteiger partial charge in [-0.3, -0.25) is 0 Å². The summed E-state index contributed by atoms with van der Waals surface area (Å²) in [6, 6.07) is 2.34. The highest BCUT2D eigenvalue weighted by atomic mass is 28.3. The fourth-order valence-corrected chi connectivity index (χ4v) is 4.98. The van der Waals surface area contributed by atoms with Crippen LogP contribution in [0.4, 0.5) is 0 Å². The Hall–Kier alpha value is 0.177. The molecule has 0 fully saturated rings. The molecule has 22 heavy (non-hydrogen) atoms. The van der Waals surface area contributed by atoms with Crippen LogP contribution in [0.5, 0.6) is 0 Å². The van der Waals surface area contributed by atoms with E-state index in [0.717, 1.165) is 0 Å². The molecule has 0 aromatic heterocycles. The van der Waals surface area contributed by atoms with Gasteiger partial charge in [0.25, 0.3) is 0 Å². The topological polar surface area (TPSA) is 20.2 Å². The maximum Gasteiger partial charge on any atom is 0.172 e. The van der Waals surface area contributed by atoms with E-state index in [1.807, 2.05) is 0 Å². The van der Waals surface area contributed by atoms with E-state index in [9.17, 15) is 4.80 Å². The van der Waals surface area contributed by atoms with E-state index >= 15 is 0 Å². The van der Waals surface area contributed by atoms with Crippen LogP contribution in [0.25, 0.3) is 0 Å². The first-order valence-corrected chi connectivity index (χ1v) is 12.6. The Morgan fingerprint density at radius 2 is 0.727 bits per heavy atom. The number of unbranched alkanes of at least 4 members (excludes halogenated alkanes) is 14. The standard InChI is InChI=1S/C20H44OSi/c1-3-5-7-9-11-13-15-17-19-22(21)20-18-16-14-12-10-8-6-4-2/h21-22H,3-20H2,1-2H3. The van der Waals surface area contributed by atoms with Crippen LogP contribution in [0.15, 0.2) is 0 Å². The Labute approximate surface area is 143 Å². The molecule has 1 N–H and O–H groups in total. The van der Waals surface area contributed by atoms with Crippen LogP contribution in [0.3, 0.4) is 0 Å². The number of rotatable bonds is 18. The first-order valence-electron chi connectivity index (χ1n) is 10.5. The minimum absolute atomic E-state index is 1.17. The Morgan fingerprint density at radius 3 is 1.05 bits per heavy atom. The van der Waals surface area contributed by atoms with Gasteiger partial charge in [-0.2, -0.15) is 0 Å². The maximum atomic E-state index is 10.1. The van der Waals surface area contributed by atoms with E-state index in [2.05, 4.69) is 13.8 Å². The van der Waals surface area contributed by atoms with Crippen molar-refractivity contribution >= 4 is 9.04 Å². The average molecular weight is 329 g/mol. The molecule has 0 aromatic rings. The normalized spacial score (nSPS) is 11.5. The largest absolute Gasteiger partial charge is 0.435 e. The van der Waals surface area contributed by atoms with Crippen LogP contribution < -0.4 is 0 Å². The van der Waals surface area contributed by atoms with Crippen molar-refractivity contribution in [3.05, 3.63) is 0 Å². The van der Waals surface area contributed by atoms with Gasteiger partial charge in [-0.25, -0.2) is 0 Å². The highest BCUT2D eigenvalue weighted by Crippen LogP contribution is 2.14. The van der Waals surface area contributed by atoms with Gasteiger partial charge in [0.05, 0.1) is 0 Å². The third kappa shape index (κ3) is 18.2. The van der Waals surface area contributed by atoms with Crippen LogP contribution in [-0.2, 0) is 0 Å². The minimum atomic E-state index is -1.34. The van der Waals surface area contributed by atoms with E-state index in [0.29, 0.717) is 0 Å². The smallest absolute Gasteiger partial charge is 0.172 e. The maximum absolute atomic E-state index is 10.1. The van der Waals surface area contributed by atoms with E-state index in [1.165, 1.54) is 115 Å². The molecule has 0 unspecified atom stereocenters. The first kappa shape index (κ1) is 22.2. The van der Waals surface area contributed by atoms with Crippen LogP contribution in [0, 0.1) is 0 Å². The lowest BCUT2D eigenvalue weighted by atomic mass is 10.1. The molecule has 0 aliphatic rings. The molecule has 0 atom stereocenters. The highest BCUT2D eigenvalue weighted by molar-refractivity contribution is 6.50. The Bertz CT molecular complexity index is 176. The second-order valence-corrected chi connectivity index (χ2v) is 9.64. The van der Waals surface area contributed by atoms with Gasteiger partial charge in [-0.05, 0) is 12.1 Å². The predicted molar refractivity (Wildman–Crippen MR) is 104 cm³/mol. The minimum Gasteiger partial charge on any atom is -0.435 e. The number of hydrogen-bond donors (Lipinski definition) is 1. The monoisotopic (exact) mass is 328 g/mol. The fourth-order valence-electron chi connectivity index (χ4n) is 3.17. The molecule has 0 saturated carbocycles. The van der Waals surface area contributed by atoms with Crippen molar-refractivity contribution in [1.82, 2.24) is 0 Å². The van der Waals surface area contributed by atoms with Gasteiger partial charge in [0, 0.05) is 0 Å². The SMILES string of the molecule is CCCCCCCCCC[SiH](O)CCCCCCCCCC. The number of hydrogen-bond acceptors (Lipinski definition) is 1. The zero-order valence-corrected chi connectivity index (χ0v) is 16.9. The van der Waals surface area contributed by atoms with Crippen LogP contribution in [0.2, 0.25) is 12.1 Å². The van der Waals surface area contributed by atoms with Crippen LogP contribution >= 0.6 is 0 Å². The second-order valence-electron chi connectivity index (χ2n) is 7.18. The molecule has 0 heterocycles. The van der Waals surface area contributed by atoms with Crippen molar-refractivity contribution in [3.63, 3.8) is 0 Å². The Morgan fingerprint density at radius 1 is 0.455 bits per heavy atom. The molecule has 0 radical (unpaired) electrons. The molecule has 0 aromatic carbocycles. The van der Waals surface area contributed by atoms with Crippen molar-refractivity contribution in [1.29, 1.82) is 0 Å². The lowest BCUT2D eigenvalue weighted by Crippen LogP contribution is -2.10. The van der Waals surface area contributed by atoms with Gasteiger partial charge in [0.2, 0.25) is 0 Å². The van der Waals surface area contributed by atoms with Gasteiger partial charge >= 0.3 is 0 Å². The zero-order valence-electron chi connectivity index (χ0n) is 15.8. The summed E-state index contributed by atoms with van der Waals surface area (Å²) in [5.74, 6) is 0. The highest BCUT2D eigenvalue weighted by Gasteiger charge is 2.06. The molecular formula is C20H44OSi. The molecule has 134 valence electrons. The van der Waals surface area contributed by atoms with Gasteiger partial charge in [0.15, 0.2) is 9.04 Å². The summed E-state index contributed by atoms with van der Waals surface area (Å²) in [5.41, 5.74) is 0. The van der Waals surface area contributed by atoms with Crippen LogP contribution in [-0.4, -0.2) is 13.8 Å². The summed E-state index contributed by atoms with van der Waals surface area (Å²) in [6.07, 6.45) is 22.1. The summed E-state index contributed by atoms with van der Waals surface area (Å²) in [4.78, 5) is 10.1. The molecule has 0 saturated heterocycles. The average Bonchev–Trinajstić information content (AvgIpc) is 2.52. The predicted octanol–water partition coefficient (Wildman–Crippen LogP) is 6.98. The molecule has 0 bridgehead atoms. The molecule has 0 aliphatic carbocycles. The summed E-state index contributed by atoms with van der Waals surface area (Å²) in [6.45, 7) is 4.55. The fraction of sp³-hybridized carbons (Fsp3) is 1.00. The molecular weight excluding hydrogens is 284 g/mol. The Kier molecular flexibility index (Phi) is 19.4. The van der Waals surface area contributed by atoms with Crippen molar-refractivity contribution in [2.75, 3.05) is 0 Å². The molecule has 0 amide bonds. The van der Waals surface area contributed by atoms with Crippen LogP contribution in [0.1, 0.15) is 117 Å². The van der Waals surface area contributed by atoms with Crippen molar-refractivity contribution in [2.45, 2.75) is 129 Å². The third-order valence-corrected chi connectivity index (χ3v) is 6.93. The van der Waals surface area contributed by atoms with Gasteiger partial charge in [-0.15, -0.1) is 0 Å². The molecule has 0 aliphatic heterocycles. The lowest BCUT2D eigenvalue weighted by Gasteiger charge is -2.08. The van der Waals surface area contributed by atoms with Gasteiger partial charge in [-0.1, -0.05) is 117 Å². The zero-order chi connectivity index (χ0) is 16.3. The third-order valence-electron chi connectivity index (χ3n) is 4.78.